The van der Waals surface area contributed by atoms with E-state index in [4.69, 9.17) is 4.74 Å². The molecule has 8 heteroatoms. The number of nitrogens with zero attached hydrogens (tertiary/aromatic N) is 2. The van der Waals surface area contributed by atoms with Crippen molar-refractivity contribution in [2.45, 2.75) is 33.1 Å². The molecule has 0 atom stereocenters. The summed E-state index contributed by atoms with van der Waals surface area (Å²) in [6.45, 7) is 7.93. The molecule has 1 heterocycles. The molecule has 0 fully saturated rings. The van der Waals surface area contributed by atoms with Crippen LogP contribution in [0, 0.1) is 17.0 Å². The molecule has 0 radical (unpaired) electrons. The number of hydrogen-bond acceptors (Lipinski definition) is 6. The Bertz CT molecular complexity index is 1050. The summed E-state index contributed by atoms with van der Waals surface area (Å²) in [5.74, 6) is 0.0905. The van der Waals surface area contributed by atoms with Gasteiger partial charge in [-0.15, -0.1) is 0 Å². The second kappa shape index (κ2) is 7.55. The van der Waals surface area contributed by atoms with Crippen molar-refractivity contribution in [1.29, 1.82) is 0 Å². The lowest BCUT2D eigenvalue weighted by atomic mass is 9.87. The fourth-order valence-electron chi connectivity index (χ4n) is 2.65. The Labute approximate surface area is 166 Å². The monoisotopic (exact) mass is 399 g/mol. The molecule has 0 saturated carbocycles. The van der Waals surface area contributed by atoms with Gasteiger partial charge in [-0.25, -0.2) is 4.98 Å². The summed E-state index contributed by atoms with van der Waals surface area (Å²) >= 11 is 1.41. The minimum atomic E-state index is -0.471. The highest BCUT2D eigenvalue weighted by molar-refractivity contribution is 7.22. The second-order valence-corrected chi connectivity index (χ2v) is 8.53. The van der Waals surface area contributed by atoms with Crippen LogP contribution < -0.4 is 10.1 Å². The second-order valence-electron chi connectivity index (χ2n) is 7.50. The number of ether oxygens (including phenoxy) is 1. The molecule has 0 bridgehead atoms. The number of benzene rings is 2. The molecule has 28 heavy (non-hydrogen) atoms. The standard InChI is InChI=1S/C20H21N3O4S/c1-12-9-14(23(25)26)6-8-16(12)27-11-18(24)22-19-21-15-7-5-13(20(2,3)4)10-17(15)28-19/h5-10H,11H2,1-4H3,(H,21,22,24). The van der Waals surface area contributed by atoms with Crippen LogP contribution in [0.2, 0.25) is 0 Å². The molecule has 3 rings (SSSR count). The Balaban J connectivity index is 1.66. The van der Waals surface area contributed by atoms with E-state index >= 15 is 0 Å². The van der Waals surface area contributed by atoms with Crippen LogP contribution in [0.15, 0.2) is 36.4 Å². The van der Waals surface area contributed by atoms with Gasteiger partial charge in [0.2, 0.25) is 0 Å². The summed E-state index contributed by atoms with van der Waals surface area (Å²) in [5, 5.41) is 14.0. The molecule has 2 aromatic carbocycles. The van der Waals surface area contributed by atoms with Crippen LogP contribution in [-0.4, -0.2) is 22.4 Å². The Hall–Kier alpha value is -3.00. The maximum Gasteiger partial charge on any atom is 0.269 e. The van der Waals surface area contributed by atoms with E-state index in [1.807, 2.05) is 12.1 Å². The number of nitro groups is 1. The van der Waals surface area contributed by atoms with Gasteiger partial charge in [-0.3, -0.25) is 20.2 Å². The molecule has 0 aliphatic heterocycles. The minimum absolute atomic E-state index is 0.0154. The van der Waals surface area contributed by atoms with Crippen molar-refractivity contribution in [2.75, 3.05) is 11.9 Å². The first-order valence-electron chi connectivity index (χ1n) is 8.72. The van der Waals surface area contributed by atoms with E-state index in [9.17, 15) is 14.9 Å². The highest BCUT2D eigenvalue weighted by Gasteiger charge is 2.16. The molecule has 7 nitrogen and oxygen atoms in total. The minimum Gasteiger partial charge on any atom is -0.483 e. The van der Waals surface area contributed by atoms with Gasteiger partial charge in [0.15, 0.2) is 11.7 Å². The average Bonchev–Trinajstić information content (AvgIpc) is 3.01. The summed E-state index contributed by atoms with van der Waals surface area (Å²) in [4.78, 5) is 26.9. The Morgan fingerprint density at radius 3 is 2.64 bits per heavy atom. The van der Waals surface area contributed by atoms with Crippen LogP contribution in [-0.2, 0) is 10.2 Å². The normalized spacial score (nSPS) is 11.4. The number of carbonyl (C=O) groups is 1. The fourth-order valence-corrected chi connectivity index (χ4v) is 3.57. The third-order valence-electron chi connectivity index (χ3n) is 4.23. The van der Waals surface area contributed by atoms with E-state index in [1.54, 1.807) is 6.92 Å². The summed E-state index contributed by atoms with van der Waals surface area (Å²) in [6, 6.07) is 10.4. The highest BCUT2D eigenvalue weighted by atomic mass is 32.1. The van der Waals surface area contributed by atoms with Gasteiger partial charge in [-0.1, -0.05) is 38.2 Å². The lowest BCUT2D eigenvalue weighted by molar-refractivity contribution is -0.384. The fraction of sp³-hybridized carbons (Fsp3) is 0.300. The lowest BCUT2D eigenvalue weighted by Gasteiger charge is -2.18. The smallest absolute Gasteiger partial charge is 0.269 e. The predicted molar refractivity (Wildman–Crippen MR) is 110 cm³/mol. The van der Waals surface area contributed by atoms with Gasteiger partial charge >= 0.3 is 0 Å². The van der Waals surface area contributed by atoms with E-state index in [0.29, 0.717) is 16.4 Å². The molecule has 0 aliphatic carbocycles. The molecule has 3 aromatic rings. The molecular weight excluding hydrogens is 378 g/mol. The number of non-ortho nitro benzene ring substituents is 1. The van der Waals surface area contributed by atoms with Crippen LogP contribution in [0.4, 0.5) is 10.8 Å². The third-order valence-corrected chi connectivity index (χ3v) is 5.16. The summed E-state index contributed by atoms with van der Waals surface area (Å²) in [7, 11) is 0. The maximum absolute atomic E-state index is 12.2. The molecular formula is C20H21N3O4S. The number of aromatic nitrogens is 1. The number of aryl methyl sites for hydroxylation is 1. The van der Waals surface area contributed by atoms with Crippen LogP contribution in [0.25, 0.3) is 10.2 Å². The van der Waals surface area contributed by atoms with Gasteiger partial charge in [0.05, 0.1) is 15.1 Å². The van der Waals surface area contributed by atoms with Gasteiger partial charge in [0.1, 0.15) is 5.75 Å². The van der Waals surface area contributed by atoms with Gasteiger partial charge in [-0.2, -0.15) is 0 Å². The van der Waals surface area contributed by atoms with Gasteiger partial charge in [-0.05, 0) is 41.7 Å². The van der Waals surface area contributed by atoms with Gasteiger partial charge in [0.25, 0.3) is 11.6 Å². The van der Waals surface area contributed by atoms with Crippen molar-refractivity contribution in [3.63, 3.8) is 0 Å². The predicted octanol–water partition coefficient (Wildman–Crippen LogP) is 4.83. The van der Waals surface area contributed by atoms with Crippen LogP contribution in [0.3, 0.4) is 0 Å². The first-order valence-corrected chi connectivity index (χ1v) is 9.54. The van der Waals surface area contributed by atoms with Crippen molar-refractivity contribution < 1.29 is 14.5 Å². The number of amides is 1. The number of rotatable bonds is 5. The molecule has 0 unspecified atom stereocenters. The van der Waals surface area contributed by atoms with Crippen molar-refractivity contribution >= 4 is 38.3 Å². The number of thiazole rings is 1. The number of anilines is 1. The molecule has 1 N–H and O–H groups in total. The van der Waals surface area contributed by atoms with Crippen molar-refractivity contribution in [2.24, 2.45) is 0 Å². The molecule has 1 aromatic heterocycles. The first-order chi connectivity index (χ1) is 13.1. The van der Waals surface area contributed by atoms with Gasteiger partial charge < -0.3 is 4.74 Å². The summed E-state index contributed by atoms with van der Waals surface area (Å²) in [6.07, 6.45) is 0. The van der Waals surface area contributed by atoms with Crippen LogP contribution in [0.5, 0.6) is 5.75 Å². The summed E-state index contributed by atoms with van der Waals surface area (Å²) < 4.78 is 6.49. The lowest BCUT2D eigenvalue weighted by Crippen LogP contribution is -2.20. The number of nitro benzene ring substituents is 1. The summed E-state index contributed by atoms with van der Waals surface area (Å²) in [5.41, 5.74) is 2.66. The molecule has 0 saturated heterocycles. The molecule has 0 spiro atoms. The Morgan fingerprint density at radius 2 is 2.00 bits per heavy atom. The average molecular weight is 399 g/mol. The molecule has 146 valence electrons. The number of nitrogens with one attached hydrogen (secondary N) is 1. The number of hydrogen-bond donors (Lipinski definition) is 1. The van der Waals surface area contributed by atoms with E-state index in [1.165, 1.54) is 35.1 Å². The molecule has 1 amide bonds. The van der Waals surface area contributed by atoms with E-state index in [2.05, 4.69) is 37.1 Å². The van der Waals surface area contributed by atoms with E-state index < -0.39 is 4.92 Å². The van der Waals surface area contributed by atoms with Crippen molar-refractivity contribution in [3.8, 4) is 5.75 Å². The third kappa shape index (κ3) is 4.45. The zero-order chi connectivity index (χ0) is 20.5. The van der Waals surface area contributed by atoms with Crippen molar-refractivity contribution in [3.05, 3.63) is 57.6 Å². The Kier molecular flexibility index (Phi) is 5.33. The molecule has 0 aliphatic rings. The topological polar surface area (TPSA) is 94.4 Å². The zero-order valence-corrected chi connectivity index (χ0v) is 16.9. The zero-order valence-electron chi connectivity index (χ0n) is 16.1. The van der Waals surface area contributed by atoms with Gasteiger partial charge in [0, 0.05) is 12.1 Å². The number of carbonyl (C=O) groups excluding carboxylic acids is 1. The number of fused-ring (bicyclic) bond motifs is 1. The quantitative estimate of drug-likeness (QED) is 0.490. The van der Waals surface area contributed by atoms with E-state index in [-0.39, 0.29) is 23.6 Å². The maximum atomic E-state index is 12.2. The largest absolute Gasteiger partial charge is 0.483 e. The van der Waals surface area contributed by atoms with E-state index in [0.717, 1.165) is 10.2 Å². The van der Waals surface area contributed by atoms with Crippen LogP contribution >= 0.6 is 11.3 Å². The SMILES string of the molecule is Cc1cc([N+](=O)[O-])ccc1OCC(=O)Nc1nc2ccc(C(C)(C)C)cc2s1. The van der Waals surface area contributed by atoms with Crippen LogP contribution in [0.1, 0.15) is 31.9 Å². The van der Waals surface area contributed by atoms with Crippen molar-refractivity contribution in [1.82, 2.24) is 4.98 Å². The first kappa shape index (κ1) is 19.8. The Morgan fingerprint density at radius 1 is 1.25 bits per heavy atom. The highest BCUT2D eigenvalue weighted by Crippen LogP contribution is 2.31.